The number of carbonyl (C=O) groups excluding carboxylic acids is 2. The van der Waals surface area contributed by atoms with Crippen LogP contribution in [0.4, 0.5) is 18.9 Å². The highest BCUT2D eigenvalue weighted by molar-refractivity contribution is 5.97. The highest BCUT2D eigenvalue weighted by Crippen LogP contribution is 2.34. The zero-order chi connectivity index (χ0) is 21.7. The van der Waals surface area contributed by atoms with Gasteiger partial charge in [-0.3, -0.25) is 4.79 Å². The Bertz CT molecular complexity index is 971. The maximum absolute atomic E-state index is 13.0. The first-order valence-electron chi connectivity index (χ1n) is 8.99. The molecule has 1 heterocycles. The molecule has 1 amide bonds. The molecule has 1 aliphatic heterocycles. The van der Waals surface area contributed by atoms with Crippen molar-refractivity contribution in [1.82, 2.24) is 0 Å². The number of amides is 1. The van der Waals surface area contributed by atoms with Crippen LogP contribution >= 0.6 is 0 Å². The Morgan fingerprint density at radius 3 is 2.53 bits per heavy atom. The Morgan fingerprint density at radius 1 is 1.10 bits per heavy atom. The van der Waals surface area contributed by atoms with Gasteiger partial charge in [-0.15, -0.1) is 0 Å². The summed E-state index contributed by atoms with van der Waals surface area (Å²) in [6.07, 6.45) is -3.36. The Labute approximate surface area is 170 Å². The molecule has 30 heavy (non-hydrogen) atoms. The van der Waals surface area contributed by atoms with Crippen molar-refractivity contribution in [2.75, 3.05) is 18.5 Å². The molecule has 1 atom stereocenters. The molecule has 0 fully saturated rings. The smallest absolute Gasteiger partial charge is 0.418 e. The molecule has 0 spiro atoms. The summed E-state index contributed by atoms with van der Waals surface area (Å²) in [6.45, 7) is 2.15. The van der Waals surface area contributed by atoms with Crippen LogP contribution in [0.2, 0.25) is 0 Å². The first-order valence-corrected chi connectivity index (χ1v) is 8.99. The van der Waals surface area contributed by atoms with Crippen molar-refractivity contribution in [2.24, 2.45) is 0 Å². The number of benzene rings is 2. The molecule has 1 unspecified atom stereocenters. The number of hydrogen-bond acceptors (Lipinski definition) is 5. The molecular formula is C21H18F3NO5. The van der Waals surface area contributed by atoms with Crippen molar-refractivity contribution in [3.05, 3.63) is 59.7 Å². The summed E-state index contributed by atoms with van der Waals surface area (Å²) in [4.78, 5) is 24.1. The van der Waals surface area contributed by atoms with Gasteiger partial charge in [-0.2, -0.15) is 13.2 Å². The minimum absolute atomic E-state index is 0.412. The Hall–Kier alpha value is -3.49. The number of rotatable bonds is 5. The lowest BCUT2D eigenvalue weighted by Gasteiger charge is -2.18. The first kappa shape index (κ1) is 21.2. The Morgan fingerprint density at radius 2 is 1.80 bits per heavy atom. The summed E-state index contributed by atoms with van der Waals surface area (Å²) >= 11 is 0. The van der Waals surface area contributed by atoms with Crippen molar-refractivity contribution >= 4 is 23.6 Å². The molecule has 0 aliphatic carbocycles. The lowest BCUT2D eigenvalue weighted by molar-refractivity contribution is -0.148. The largest absolute Gasteiger partial charge is 0.486 e. The van der Waals surface area contributed by atoms with Crippen LogP contribution in [0.15, 0.2) is 48.5 Å². The van der Waals surface area contributed by atoms with E-state index in [0.29, 0.717) is 30.3 Å². The van der Waals surface area contributed by atoms with Gasteiger partial charge in [0.2, 0.25) is 0 Å². The number of halogens is 3. The summed E-state index contributed by atoms with van der Waals surface area (Å²) < 4.78 is 54.9. The lowest BCUT2D eigenvalue weighted by atomic mass is 10.1. The van der Waals surface area contributed by atoms with Crippen LogP contribution in [-0.2, 0) is 20.5 Å². The molecule has 1 aliphatic rings. The SMILES string of the molecule is CC(OC(=O)/C=C/c1ccc2c(c1)OCCO2)C(=O)Nc1ccccc1C(F)(F)F. The molecule has 0 saturated carbocycles. The van der Waals surface area contributed by atoms with E-state index < -0.39 is 35.4 Å². The number of anilines is 1. The number of ether oxygens (including phenoxy) is 3. The molecule has 158 valence electrons. The predicted octanol–water partition coefficient (Wildman–Crippen LogP) is 4.06. The average molecular weight is 421 g/mol. The minimum atomic E-state index is -4.63. The standard InChI is InChI=1S/C21H18F3NO5/c1-13(20(27)25-16-5-3-2-4-15(16)21(22,23)24)30-19(26)9-7-14-6-8-17-18(12-14)29-11-10-28-17/h2-9,12-13H,10-11H2,1H3,(H,25,27)/b9-7+. The molecule has 3 rings (SSSR count). The lowest BCUT2D eigenvalue weighted by Crippen LogP contribution is -2.30. The molecule has 0 bridgehead atoms. The van der Waals surface area contributed by atoms with E-state index in [1.807, 2.05) is 0 Å². The van der Waals surface area contributed by atoms with E-state index in [1.165, 1.54) is 25.1 Å². The predicted molar refractivity (Wildman–Crippen MR) is 102 cm³/mol. The fourth-order valence-electron chi connectivity index (χ4n) is 2.67. The maximum Gasteiger partial charge on any atom is 0.418 e. The van der Waals surface area contributed by atoms with Gasteiger partial charge in [0.05, 0.1) is 11.3 Å². The molecule has 6 nitrogen and oxygen atoms in total. The fourth-order valence-corrected chi connectivity index (χ4v) is 2.67. The van der Waals surface area contributed by atoms with Crippen molar-refractivity contribution in [2.45, 2.75) is 19.2 Å². The fraction of sp³-hybridized carbons (Fsp3) is 0.238. The third-order valence-electron chi connectivity index (χ3n) is 4.13. The van der Waals surface area contributed by atoms with Crippen LogP contribution in [0.25, 0.3) is 6.08 Å². The monoisotopic (exact) mass is 421 g/mol. The number of fused-ring (bicyclic) bond motifs is 1. The molecule has 9 heteroatoms. The molecular weight excluding hydrogens is 403 g/mol. The van der Waals surface area contributed by atoms with Crippen molar-refractivity contribution < 1.29 is 37.0 Å². The van der Waals surface area contributed by atoms with Gasteiger partial charge in [0.25, 0.3) is 5.91 Å². The quantitative estimate of drug-likeness (QED) is 0.582. The van der Waals surface area contributed by atoms with E-state index in [1.54, 1.807) is 18.2 Å². The molecule has 0 saturated heterocycles. The number of esters is 1. The molecule has 2 aromatic rings. The normalized spacial score (nSPS) is 14.3. The third kappa shape index (κ3) is 5.31. The number of para-hydroxylation sites is 1. The second kappa shape index (κ2) is 8.89. The first-order chi connectivity index (χ1) is 14.2. The van der Waals surface area contributed by atoms with Gasteiger partial charge >= 0.3 is 12.1 Å². The topological polar surface area (TPSA) is 73.9 Å². The van der Waals surface area contributed by atoms with Crippen LogP contribution in [-0.4, -0.2) is 31.2 Å². The van der Waals surface area contributed by atoms with Crippen LogP contribution in [0, 0.1) is 0 Å². The summed E-state index contributed by atoms with van der Waals surface area (Å²) in [7, 11) is 0. The zero-order valence-electron chi connectivity index (χ0n) is 15.9. The number of alkyl halides is 3. The molecule has 0 aromatic heterocycles. The summed E-state index contributed by atoms with van der Waals surface area (Å²) in [6, 6.07) is 9.64. The summed E-state index contributed by atoms with van der Waals surface area (Å²) in [5.74, 6) is -0.553. The van der Waals surface area contributed by atoms with Crippen LogP contribution in [0.1, 0.15) is 18.1 Å². The van der Waals surface area contributed by atoms with E-state index in [9.17, 15) is 22.8 Å². The van der Waals surface area contributed by atoms with Crippen LogP contribution < -0.4 is 14.8 Å². The Balaban J connectivity index is 1.59. The van der Waals surface area contributed by atoms with Crippen molar-refractivity contribution in [1.29, 1.82) is 0 Å². The van der Waals surface area contributed by atoms with E-state index in [0.717, 1.165) is 18.2 Å². The highest BCUT2D eigenvalue weighted by Gasteiger charge is 2.34. The minimum Gasteiger partial charge on any atom is -0.486 e. The van der Waals surface area contributed by atoms with Gasteiger partial charge in [-0.05, 0) is 42.8 Å². The third-order valence-corrected chi connectivity index (χ3v) is 4.13. The average Bonchev–Trinajstić information content (AvgIpc) is 2.71. The van der Waals surface area contributed by atoms with Crippen LogP contribution in [0.3, 0.4) is 0 Å². The number of hydrogen-bond donors (Lipinski definition) is 1. The molecule has 2 aromatic carbocycles. The van der Waals surface area contributed by atoms with Gasteiger partial charge in [0.15, 0.2) is 17.6 Å². The molecule has 0 radical (unpaired) electrons. The zero-order valence-corrected chi connectivity index (χ0v) is 15.9. The van der Waals surface area contributed by atoms with Crippen molar-refractivity contribution in [3.63, 3.8) is 0 Å². The van der Waals surface area contributed by atoms with Gasteiger partial charge in [0, 0.05) is 6.08 Å². The van der Waals surface area contributed by atoms with E-state index >= 15 is 0 Å². The maximum atomic E-state index is 13.0. The summed E-state index contributed by atoms with van der Waals surface area (Å²) in [5.41, 5.74) is -0.757. The summed E-state index contributed by atoms with van der Waals surface area (Å²) in [5, 5.41) is 2.14. The van der Waals surface area contributed by atoms with Gasteiger partial charge in [-0.1, -0.05) is 18.2 Å². The Kier molecular flexibility index (Phi) is 6.29. The van der Waals surface area contributed by atoms with Gasteiger partial charge < -0.3 is 19.5 Å². The van der Waals surface area contributed by atoms with Gasteiger partial charge in [0.1, 0.15) is 13.2 Å². The molecule has 1 N–H and O–H groups in total. The van der Waals surface area contributed by atoms with Gasteiger partial charge in [-0.25, -0.2) is 4.79 Å². The van der Waals surface area contributed by atoms with Crippen LogP contribution in [0.5, 0.6) is 11.5 Å². The van der Waals surface area contributed by atoms with Crippen molar-refractivity contribution in [3.8, 4) is 11.5 Å². The van der Waals surface area contributed by atoms with E-state index in [2.05, 4.69) is 5.32 Å². The second-order valence-electron chi connectivity index (χ2n) is 6.35. The highest BCUT2D eigenvalue weighted by atomic mass is 19.4. The van der Waals surface area contributed by atoms with E-state index in [-0.39, 0.29) is 0 Å². The number of nitrogens with one attached hydrogen (secondary N) is 1. The second-order valence-corrected chi connectivity index (χ2v) is 6.35. The van der Waals surface area contributed by atoms with E-state index in [4.69, 9.17) is 14.2 Å². The number of carbonyl (C=O) groups is 2.